The molecule has 7 nitrogen and oxygen atoms in total. The molecule has 3 aromatic heterocycles. The lowest BCUT2D eigenvalue weighted by molar-refractivity contribution is -0.135. The number of carbonyl (C=O) groups excluding carboxylic acids is 1. The zero-order chi connectivity index (χ0) is 22.4. The van der Waals surface area contributed by atoms with E-state index < -0.39 is 0 Å². The van der Waals surface area contributed by atoms with Gasteiger partial charge in [-0.2, -0.15) is 0 Å². The summed E-state index contributed by atoms with van der Waals surface area (Å²) in [7, 11) is 1.91. The molecule has 0 radical (unpaired) electrons. The smallest absolute Gasteiger partial charge is 0.305 e. The van der Waals surface area contributed by atoms with E-state index in [4.69, 9.17) is 0 Å². The van der Waals surface area contributed by atoms with E-state index in [1.54, 1.807) is 17.7 Å². The Labute approximate surface area is 193 Å². The fourth-order valence-corrected chi connectivity index (χ4v) is 6.57. The summed E-state index contributed by atoms with van der Waals surface area (Å²) in [5.41, 5.74) is 2.98. The zero-order valence-electron chi connectivity index (χ0n) is 18.3. The van der Waals surface area contributed by atoms with Crippen molar-refractivity contribution >= 4 is 60.5 Å². The minimum Gasteiger partial charge on any atom is -0.345 e. The average molecular weight is 468 g/mol. The van der Waals surface area contributed by atoms with Crippen LogP contribution in [0.25, 0.3) is 20.4 Å². The van der Waals surface area contributed by atoms with E-state index in [0.29, 0.717) is 5.92 Å². The molecule has 1 atom stereocenters. The van der Waals surface area contributed by atoms with E-state index in [-0.39, 0.29) is 16.7 Å². The van der Waals surface area contributed by atoms with Gasteiger partial charge >= 0.3 is 4.87 Å². The number of carbonyl (C=O) groups is 1. The number of aromatic amines is 1. The third-order valence-corrected chi connectivity index (χ3v) is 7.90. The van der Waals surface area contributed by atoms with Crippen molar-refractivity contribution in [2.45, 2.75) is 33.1 Å². The van der Waals surface area contributed by atoms with Gasteiger partial charge in [-0.1, -0.05) is 25.2 Å². The highest BCUT2D eigenvalue weighted by atomic mass is 32.1. The highest BCUT2D eigenvalue weighted by Crippen LogP contribution is 2.41. The number of fused-ring (bicyclic) bond motifs is 4. The van der Waals surface area contributed by atoms with Crippen LogP contribution in [0.2, 0.25) is 0 Å². The van der Waals surface area contributed by atoms with E-state index in [2.05, 4.69) is 34.1 Å². The van der Waals surface area contributed by atoms with Gasteiger partial charge in [0.15, 0.2) is 0 Å². The van der Waals surface area contributed by atoms with Crippen molar-refractivity contribution in [2.24, 2.45) is 11.8 Å². The van der Waals surface area contributed by atoms with Crippen molar-refractivity contribution in [3.8, 4) is 0 Å². The summed E-state index contributed by atoms with van der Waals surface area (Å²) in [5, 5.41) is 4.48. The minimum atomic E-state index is -0.0587. The number of thiazole rings is 1. The van der Waals surface area contributed by atoms with Crippen LogP contribution in [0, 0.1) is 11.8 Å². The van der Waals surface area contributed by atoms with E-state index in [9.17, 15) is 9.59 Å². The largest absolute Gasteiger partial charge is 0.345 e. The number of rotatable bonds is 5. The number of hydrogen-bond donors (Lipinski definition) is 2. The van der Waals surface area contributed by atoms with Gasteiger partial charge in [0.25, 0.3) is 0 Å². The molecule has 1 aliphatic carbocycles. The molecule has 32 heavy (non-hydrogen) atoms. The van der Waals surface area contributed by atoms with Crippen LogP contribution in [-0.4, -0.2) is 39.4 Å². The maximum absolute atomic E-state index is 12.9. The first-order valence-electron chi connectivity index (χ1n) is 10.8. The van der Waals surface area contributed by atoms with Gasteiger partial charge < -0.3 is 15.2 Å². The summed E-state index contributed by atoms with van der Waals surface area (Å²) >= 11 is 2.87. The number of aryl methyl sites for hydroxylation is 1. The van der Waals surface area contributed by atoms with Gasteiger partial charge in [-0.3, -0.25) is 9.59 Å². The minimum absolute atomic E-state index is 0.0300. The average Bonchev–Trinajstić information content (AvgIpc) is 3.31. The van der Waals surface area contributed by atoms with E-state index in [1.807, 2.05) is 30.1 Å². The molecular weight excluding hydrogens is 442 g/mol. The predicted molar refractivity (Wildman–Crippen MR) is 131 cm³/mol. The molecule has 1 aliphatic rings. The second-order valence-corrected chi connectivity index (χ2v) is 10.9. The molecule has 9 heteroatoms. The number of aromatic nitrogens is 3. The second kappa shape index (κ2) is 8.29. The van der Waals surface area contributed by atoms with E-state index in [0.717, 1.165) is 57.7 Å². The third kappa shape index (κ3) is 3.91. The summed E-state index contributed by atoms with van der Waals surface area (Å²) in [6.07, 6.45) is 4.04. The second-order valence-electron chi connectivity index (χ2n) is 8.81. The number of H-pyrrole nitrogens is 1. The first-order chi connectivity index (χ1) is 15.4. The summed E-state index contributed by atoms with van der Waals surface area (Å²) in [6, 6.07) is 5.81. The molecule has 0 saturated carbocycles. The molecule has 3 heterocycles. The molecule has 0 unspecified atom stereocenters. The Morgan fingerprint density at radius 1 is 1.31 bits per heavy atom. The first-order valence-corrected chi connectivity index (χ1v) is 12.4. The summed E-state index contributed by atoms with van der Waals surface area (Å²) in [4.78, 5) is 40.4. The van der Waals surface area contributed by atoms with Crippen molar-refractivity contribution in [1.82, 2.24) is 19.9 Å². The van der Waals surface area contributed by atoms with Gasteiger partial charge in [0, 0.05) is 30.1 Å². The van der Waals surface area contributed by atoms with Crippen LogP contribution in [-0.2, 0) is 17.6 Å². The van der Waals surface area contributed by atoms with Gasteiger partial charge in [0.1, 0.15) is 17.0 Å². The standard InChI is InChI=1S/C23H25N5O2S2/c1-12(2)10-28(3)22(29)13-4-6-15-17(8-13)31-21-19(15)20(24-11-25-21)26-14-5-7-16-18(9-14)32-23(30)27-16/h5,7,9,11-13H,4,6,8,10H2,1-3H3,(H,27,30)(H,24,25,26)/t13-/m1/s1. The molecule has 1 aromatic carbocycles. The van der Waals surface area contributed by atoms with Crippen LogP contribution >= 0.6 is 22.7 Å². The Balaban J connectivity index is 1.44. The van der Waals surface area contributed by atoms with E-state index >= 15 is 0 Å². The fourth-order valence-electron chi connectivity index (χ4n) is 4.53. The van der Waals surface area contributed by atoms with Gasteiger partial charge in [-0.25, -0.2) is 9.97 Å². The Morgan fingerprint density at radius 2 is 2.16 bits per heavy atom. The van der Waals surface area contributed by atoms with Gasteiger partial charge in [-0.15, -0.1) is 11.3 Å². The molecule has 0 fully saturated rings. The summed E-state index contributed by atoms with van der Waals surface area (Å²) in [5.74, 6) is 1.51. The molecule has 2 N–H and O–H groups in total. The molecule has 4 aromatic rings. The molecule has 0 spiro atoms. The van der Waals surface area contributed by atoms with E-state index in [1.165, 1.54) is 21.8 Å². The summed E-state index contributed by atoms with van der Waals surface area (Å²) in [6.45, 7) is 5.06. The number of nitrogens with zero attached hydrogens (tertiary/aromatic N) is 3. The van der Waals surface area contributed by atoms with Crippen molar-refractivity contribution in [3.63, 3.8) is 0 Å². The molecular formula is C23H25N5O2S2. The van der Waals surface area contributed by atoms with Crippen LogP contribution in [0.5, 0.6) is 0 Å². The van der Waals surface area contributed by atoms with Crippen LogP contribution in [0.1, 0.15) is 30.7 Å². The van der Waals surface area contributed by atoms with Crippen molar-refractivity contribution in [2.75, 3.05) is 18.9 Å². The molecule has 0 bridgehead atoms. The Kier molecular flexibility index (Phi) is 5.46. The van der Waals surface area contributed by atoms with Crippen molar-refractivity contribution in [1.29, 1.82) is 0 Å². The lowest BCUT2D eigenvalue weighted by atomic mass is 9.87. The highest BCUT2D eigenvalue weighted by molar-refractivity contribution is 7.19. The van der Waals surface area contributed by atoms with Gasteiger partial charge in [-0.05, 0) is 48.9 Å². The molecule has 166 valence electrons. The lowest BCUT2D eigenvalue weighted by Crippen LogP contribution is -2.37. The number of hydrogen-bond acceptors (Lipinski definition) is 7. The predicted octanol–water partition coefficient (Wildman–Crippen LogP) is 4.56. The van der Waals surface area contributed by atoms with Crippen molar-refractivity contribution in [3.05, 3.63) is 44.6 Å². The Bertz CT molecular complexity index is 1370. The monoisotopic (exact) mass is 467 g/mol. The first kappa shape index (κ1) is 21.1. The van der Waals surface area contributed by atoms with Gasteiger partial charge in [0.2, 0.25) is 5.91 Å². The zero-order valence-corrected chi connectivity index (χ0v) is 19.9. The number of nitrogens with one attached hydrogen (secondary N) is 2. The third-order valence-electron chi connectivity index (χ3n) is 5.89. The SMILES string of the molecule is CC(C)CN(C)C(=O)[C@@H]1CCc2c(sc3ncnc(Nc4ccc5[nH]c(=O)sc5c4)c23)C1. The molecule has 1 amide bonds. The Morgan fingerprint density at radius 3 is 2.97 bits per heavy atom. The van der Waals surface area contributed by atoms with Crippen molar-refractivity contribution < 1.29 is 4.79 Å². The van der Waals surface area contributed by atoms with Crippen LogP contribution in [0.3, 0.4) is 0 Å². The summed E-state index contributed by atoms with van der Waals surface area (Å²) < 4.78 is 0.907. The highest BCUT2D eigenvalue weighted by Gasteiger charge is 2.30. The topological polar surface area (TPSA) is 91.0 Å². The number of anilines is 2. The normalized spacial score (nSPS) is 15.9. The maximum Gasteiger partial charge on any atom is 0.305 e. The molecule has 5 rings (SSSR count). The van der Waals surface area contributed by atoms with Crippen LogP contribution < -0.4 is 10.2 Å². The number of amides is 1. The molecule has 0 aliphatic heterocycles. The van der Waals surface area contributed by atoms with Gasteiger partial charge in [0.05, 0.1) is 15.6 Å². The number of benzene rings is 1. The molecule has 0 saturated heterocycles. The lowest BCUT2D eigenvalue weighted by Gasteiger charge is -2.27. The van der Waals surface area contributed by atoms with Crippen LogP contribution in [0.4, 0.5) is 11.5 Å². The number of thiophene rings is 1. The van der Waals surface area contributed by atoms with Crippen LogP contribution in [0.15, 0.2) is 29.3 Å². The quantitative estimate of drug-likeness (QED) is 0.449. The maximum atomic E-state index is 12.9. The fraction of sp³-hybridized carbons (Fsp3) is 0.391. The Hall–Kier alpha value is -2.78.